The summed E-state index contributed by atoms with van der Waals surface area (Å²) in [5.41, 5.74) is 13.2. The van der Waals surface area contributed by atoms with Gasteiger partial charge in [-0.2, -0.15) is 0 Å². The number of allylic oxidation sites excluding steroid dienone is 9. The highest BCUT2D eigenvalue weighted by molar-refractivity contribution is 6.01. The van der Waals surface area contributed by atoms with Crippen molar-refractivity contribution in [3.8, 4) is 11.1 Å². The highest BCUT2D eigenvalue weighted by atomic mass is 16.2. The Kier molecular flexibility index (Phi) is 12.0. The minimum atomic E-state index is -0.0929. The fraction of sp³-hybridized carbons (Fsp3) is 0.558. The molecule has 0 aromatic heterocycles. The lowest BCUT2D eigenvalue weighted by Crippen LogP contribution is -2.26. The number of rotatable bonds is 6. The Morgan fingerprint density at radius 2 is 1.31 bits per heavy atom. The van der Waals surface area contributed by atoms with E-state index in [0.29, 0.717) is 12.3 Å². The van der Waals surface area contributed by atoms with Crippen LogP contribution < -0.4 is 4.90 Å². The van der Waals surface area contributed by atoms with E-state index < -0.39 is 0 Å². The molecule has 0 bridgehead atoms. The van der Waals surface area contributed by atoms with Crippen LogP contribution in [0.2, 0.25) is 0 Å². The van der Waals surface area contributed by atoms with Gasteiger partial charge in [-0.05, 0) is 113 Å². The van der Waals surface area contributed by atoms with Gasteiger partial charge in [0, 0.05) is 18.5 Å². The molecule has 0 N–H and O–H groups in total. The number of anilines is 1. The predicted octanol–water partition coefficient (Wildman–Crippen LogP) is 15.1. The van der Waals surface area contributed by atoms with E-state index in [4.69, 9.17) is 6.58 Å². The van der Waals surface area contributed by atoms with E-state index >= 15 is 0 Å². The maximum atomic E-state index is 13.7. The Morgan fingerprint density at radius 1 is 0.741 bits per heavy atom. The molecule has 2 aromatic rings. The van der Waals surface area contributed by atoms with Gasteiger partial charge in [0.15, 0.2) is 0 Å². The van der Waals surface area contributed by atoms with Crippen LogP contribution in [0.5, 0.6) is 0 Å². The molecule has 2 aromatic carbocycles. The van der Waals surface area contributed by atoms with Crippen molar-refractivity contribution in [1.29, 1.82) is 0 Å². The summed E-state index contributed by atoms with van der Waals surface area (Å²) in [5.74, 6) is 0.574. The van der Waals surface area contributed by atoms with Crippen molar-refractivity contribution in [1.82, 2.24) is 0 Å². The third kappa shape index (κ3) is 10.5. The molecule has 1 amide bonds. The fourth-order valence-corrected chi connectivity index (χ4v) is 7.26. The van der Waals surface area contributed by atoms with E-state index in [1.807, 2.05) is 4.90 Å². The molecule has 2 nitrogen and oxygen atoms in total. The summed E-state index contributed by atoms with van der Waals surface area (Å²) < 4.78 is 0. The zero-order valence-electron chi connectivity index (χ0n) is 37.7. The van der Waals surface area contributed by atoms with Crippen molar-refractivity contribution in [2.75, 3.05) is 11.4 Å². The number of benzene rings is 2. The summed E-state index contributed by atoms with van der Waals surface area (Å²) in [5, 5.41) is 0. The van der Waals surface area contributed by atoms with Crippen LogP contribution >= 0.6 is 0 Å². The lowest BCUT2D eigenvalue weighted by molar-refractivity contribution is -0.117. The zero-order valence-corrected chi connectivity index (χ0v) is 37.7. The fourth-order valence-electron chi connectivity index (χ4n) is 7.26. The summed E-state index contributed by atoms with van der Waals surface area (Å²) in [6, 6.07) is 12.0. The molecule has 2 aliphatic rings. The Hall–Kier alpha value is -3.39. The first-order valence-electron chi connectivity index (χ1n) is 20.5. The Balaban J connectivity index is 2.19. The summed E-state index contributed by atoms with van der Waals surface area (Å²) in [6.07, 6.45) is 14.2. The molecule has 1 fully saturated rings. The molecule has 1 unspecified atom stereocenters. The van der Waals surface area contributed by atoms with E-state index in [1.165, 1.54) is 44.5 Å². The lowest BCUT2D eigenvalue weighted by Gasteiger charge is -2.36. The van der Waals surface area contributed by atoms with Gasteiger partial charge in [0.25, 0.3) is 0 Å². The molecule has 294 valence electrons. The minimum Gasteiger partial charge on any atom is -0.312 e. The monoisotopic (exact) mass is 730 g/mol. The molecule has 1 atom stereocenters. The highest BCUT2D eigenvalue weighted by Gasteiger charge is 2.33. The standard InChI is InChI=1S/C52H75NO/c1-34(25-37(48(5,6)7)22-23-47(2,3)4)42-32-43(35-26-38(49(8,9)10)30-39(27-35)50(11,12)13)44(33-45(42)53-24-20-21-46(53)54)36-28-40(51(14,15)16)31-41(29-36)52(17,18)19/h22-23,25-28,30-33,41H,1,20-21,24,29H2,2-19H3/b23-22+,37-25+. The van der Waals surface area contributed by atoms with E-state index in [9.17, 15) is 4.79 Å². The molecule has 0 saturated carbocycles. The summed E-state index contributed by atoms with van der Waals surface area (Å²) in [6.45, 7) is 47.0. The molecule has 1 saturated heterocycles. The zero-order chi connectivity index (χ0) is 41.0. The lowest BCUT2D eigenvalue weighted by atomic mass is 9.69. The normalized spacial score (nSPS) is 18.4. The average molecular weight is 730 g/mol. The second kappa shape index (κ2) is 14.9. The van der Waals surface area contributed by atoms with Crippen LogP contribution in [-0.4, -0.2) is 12.5 Å². The molecule has 1 aliphatic carbocycles. The van der Waals surface area contributed by atoms with Crippen molar-refractivity contribution in [2.24, 2.45) is 27.6 Å². The predicted molar refractivity (Wildman–Crippen MR) is 239 cm³/mol. The summed E-state index contributed by atoms with van der Waals surface area (Å²) in [7, 11) is 0. The minimum absolute atomic E-state index is 0.00239. The number of amides is 1. The average Bonchev–Trinajstić information content (AvgIpc) is 3.44. The van der Waals surface area contributed by atoms with Crippen LogP contribution in [0.15, 0.2) is 78.4 Å². The third-order valence-corrected chi connectivity index (χ3v) is 11.3. The van der Waals surface area contributed by atoms with Crippen LogP contribution in [0.25, 0.3) is 22.3 Å². The number of carbonyl (C=O) groups excluding carboxylic acids is 1. The van der Waals surface area contributed by atoms with Gasteiger partial charge in [-0.25, -0.2) is 0 Å². The first-order chi connectivity index (χ1) is 24.4. The van der Waals surface area contributed by atoms with Crippen molar-refractivity contribution < 1.29 is 4.79 Å². The molecule has 4 rings (SSSR count). The maximum absolute atomic E-state index is 13.7. The SMILES string of the molecule is C=C(/C=C(\C=C\C(C)(C)C)C(C)(C)C)c1cc(-c2cc(C(C)(C)C)cc(C(C)(C)C)c2)c(C2=CC(C(C)(C)C)=CC(C(C)(C)C)C2)cc1N1CCCC1=O. The van der Waals surface area contributed by atoms with E-state index in [-0.39, 0.29) is 38.4 Å². The first kappa shape index (κ1) is 43.3. The van der Waals surface area contributed by atoms with Gasteiger partial charge in [-0.1, -0.05) is 180 Å². The molecule has 1 heterocycles. The summed E-state index contributed by atoms with van der Waals surface area (Å²) >= 11 is 0. The number of nitrogens with zero attached hydrogens (tertiary/aromatic N) is 1. The van der Waals surface area contributed by atoms with Crippen molar-refractivity contribution >= 4 is 22.7 Å². The molecular weight excluding hydrogens is 655 g/mol. The second-order valence-corrected chi connectivity index (χ2v) is 22.7. The van der Waals surface area contributed by atoms with Gasteiger partial charge in [-0.3, -0.25) is 4.79 Å². The topological polar surface area (TPSA) is 20.3 Å². The van der Waals surface area contributed by atoms with Crippen molar-refractivity contribution in [2.45, 2.75) is 155 Å². The van der Waals surface area contributed by atoms with Crippen LogP contribution in [0.1, 0.15) is 166 Å². The van der Waals surface area contributed by atoms with Gasteiger partial charge >= 0.3 is 0 Å². The van der Waals surface area contributed by atoms with Crippen LogP contribution in [-0.2, 0) is 15.6 Å². The van der Waals surface area contributed by atoms with Crippen molar-refractivity contribution in [3.05, 3.63) is 101 Å². The smallest absolute Gasteiger partial charge is 0.227 e. The quantitative estimate of drug-likeness (QED) is 0.271. The van der Waals surface area contributed by atoms with Crippen molar-refractivity contribution in [3.63, 3.8) is 0 Å². The van der Waals surface area contributed by atoms with E-state index in [2.05, 4.69) is 185 Å². The van der Waals surface area contributed by atoms with Gasteiger partial charge < -0.3 is 4.90 Å². The van der Waals surface area contributed by atoms with Crippen LogP contribution in [0.4, 0.5) is 5.69 Å². The number of carbonyl (C=O) groups is 1. The number of hydrogen-bond acceptors (Lipinski definition) is 1. The van der Waals surface area contributed by atoms with Gasteiger partial charge in [-0.15, -0.1) is 0 Å². The third-order valence-electron chi connectivity index (χ3n) is 11.3. The molecule has 54 heavy (non-hydrogen) atoms. The van der Waals surface area contributed by atoms with Crippen LogP contribution in [0.3, 0.4) is 0 Å². The van der Waals surface area contributed by atoms with Gasteiger partial charge in [0.1, 0.15) is 0 Å². The first-order valence-corrected chi connectivity index (χ1v) is 20.5. The van der Waals surface area contributed by atoms with Gasteiger partial charge in [0.05, 0.1) is 5.69 Å². The number of hydrogen-bond donors (Lipinski definition) is 0. The largest absolute Gasteiger partial charge is 0.312 e. The maximum Gasteiger partial charge on any atom is 0.227 e. The van der Waals surface area contributed by atoms with E-state index in [0.717, 1.165) is 36.2 Å². The summed E-state index contributed by atoms with van der Waals surface area (Å²) in [4.78, 5) is 15.8. The Labute approximate surface area is 332 Å². The molecule has 0 spiro atoms. The van der Waals surface area contributed by atoms with Crippen LogP contribution in [0, 0.1) is 27.6 Å². The molecular formula is C52H75NO. The molecule has 2 heteroatoms. The van der Waals surface area contributed by atoms with Gasteiger partial charge in [0.2, 0.25) is 5.91 Å². The van der Waals surface area contributed by atoms with E-state index in [1.54, 1.807) is 0 Å². The Bertz CT molecular complexity index is 1850. The molecule has 1 aliphatic heterocycles. The Morgan fingerprint density at radius 3 is 1.76 bits per heavy atom. The highest BCUT2D eigenvalue weighted by Crippen LogP contribution is 2.48. The second-order valence-electron chi connectivity index (χ2n) is 22.7. The molecule has 0 radical (unpaired) electrons.